The minimum atomic E-state index is 0.111. The Hall–Kier alpha value is -1.39. The number of likely N-dealkylation sites (N-methyl/N-ethyl adjacent to an activating group) is 1. The lowest BCUT2D eigenvalue weighted by Gasteiger charge is -2.35. The largest absolute Gasteiger partial charge is 0.326 e. The Bertz CT molecular complexity index is 468. The standard InChI is InChI=1S/C14H19N3O/c1-17(12-8-15-9-12)5-4-10-2-3-13-11(6-10)7-14(18)16-13/h2-3,6,12,15H,4-5,7-9H2,1H3,(H,16,18). The summed E-state index contributed by atoms with van der Waals surface area (Å²) in [4.78, 5) is 13.7. The summed E-state index contributed by atoms with van der Waals surface area (Å²) in [5.41, 5.74) is 3.45. The molecule has 0 unspecified atom stereocenters. The Balaban J connectivity index is 1.60. The molecule has 0 atom stereocenters. The van der Waals surface area contributed by atoms with Crippen LogP contribution in [-0.2, 0) is 17.6 Å². The molecule has 1 amide bonds. The van der Waals surface area contributed by atoms with Crippen molar-refractivity contribution < 1.29 is 4.79 Å². The fourth-order valence-corrected chi connectivity index (χ4v) is 2.51. The monoisotopic (exact) mass is 245 g/mol. The van der Waals surface area contributed by atoms with E-state index in [2.05, 4.69) is 34.7 Å². The quantitative estimate of drug-likeness (QED) is 0.817. The Labute approximate surface area is 107 Å². The fourth-order valence-electron chi connectivity index (χ4n) is 2.51. The molecule has 2 N–H and O–H groups in total. The van der Waals surface area contributed by atoms with E-state index in [9.17, 15) is 4.79 Å². The zero-order chi connectivity index (χ0) is 12.5. The highest BCUT2D eigenvalue weighted by Crippen LogP contribution is 2.24. The molecule has 96 valence electrons. The lowest BCUT2D eigenvalue weighted by Crippen LogP contribution is -2.56. The first kappa shape index (κ1) is 11.7. The van der Waals surface area contributed by atoms with Gasteiger partial charge in [-0.05, 0) is 30.7 Å². The smallest absolute Gasteiger partial charge is 0.228 e. The van der Waals surface area contributed by atoms with Gasteiger partial charge in [0.15, 0.2) is 0 Å². The van der Waals surface area contributed by atoms with Crippen molar-refractivity contribution in [2.75, 3.05) is 32.0 Å². The van der Waals surface area contributed by atoms with Gasteiger partial charge < -0.3 is 15.5 Å². The molecule has 2 heterocycles. The van der Waals surface area contributed by atoms with E-state index in [-0.39, 0.29) is 5.91 Å². The van der Waals surface area contributed by atoms with E-state index < -0.39 is 0 Å². The number of amides is 1. The number of hydrogen-bond donors (Lipinski definition) is 2. The van der Waals surface area contributed by atoms with E-state index in [4.69, 9.17) is 0 Å². The van der Waals surface area contributed by atoms with Crippen LogP contribution in [0.5, 0.6) is 0 Å². The zero-order valence-electron chi connectivity index (χ0n) is 10.7. The number of anilines is 1. The van der Waals surface area contributed by atoms with Gasteiger partial charge in [-0.3, -0.25) is 4.79 Å². The third kappa shape index (κ3) is 2.26. The maximum Gasteiger partial charge on any atom is 0.228 e. The normalized spacial score (nSPS) is 18.7. The number of nitrogens with zero attached hydrogens (tertiary/aromatic N) is 1. The molecule has 18 heavy (non-hydrogen) atoms. The molecule has 0 bridgehead atoms. The van der Waals surface area contributed by atoms with Gasteiger partial charge in [0.1, 0.15) is 0 Å². The van der Waals surface area contributed by atoms with E-state index >= 15 is 0 Å². The molecule has 0 aliphatic carbocycles. The fraction of sp³-hybridized carbons (Fsp3) is 0.500. The van der Waals surface area contributed by atoms with Crippen LogP contribution in [0, 0.1) is 0 Å². The van der Waals surface area contributed by atoms with Crippen LogP contribution in [0.3, 0.4) is 0 Å². The molecule has 2 aliphatic heterocycles. The minimum Gasteiger partial charge on any atom is -0.326 e. The van der Waals surface area contributed by atoms with Crippen molar-refractivity contribution in [2.45, 2.75) is 18.9 Å². The lowest BCUT2D eigenvalue weighted by molar-refractivity contribution is -0.115. The molecule has 0 aromatic heterocycles. The predicted octanol–water partition coefficient (Wildman–Crippen LogP) is 0.627. The summed E-state index contributed by atoms with van der Waals surface area (Å²) in [6, 6.07) is 7.01. The van der Waals surface area contributed by atoms with Crippen LogP contribution in [0.25, 0.3) is 0 Å². The number of carbonyl (C=O) groups excluding carboxylic acids is 1. The van der Waals surface area contributed by atoms with Crippen molar-refractivity contribution in [2.24, 2.45) is 0 Å². The number of fused-ring (bicyclic) bond motifs is 1. The predicted molar refractivity (Wildman–Crippen MR) is 71.8 cm³/mol. The summed E-state index contributed by atoms with van der Waals surface area (Å²) in [6.07, 6.45) is 1.58. The highest BCUT2D eigenvalue weighted by Gasteiger charge is 2.21. The summed E-state index contributed by atoms with van der Waals surface area (Å²) in [6.45, 7) is 3.30. The molecule has 0 spiro atoms. The van der Waals surface area contributed by atoms with Crippen LogP contribution in [0.1, 0.15) is 11.1 Å². The summed E-state index contributed by atoms with van der Waals surface area (Å²) >= 11 is 0. The van der Waals surface area contributed by atoms with Gasteiger partial charge in [0.25, 0.3) is 0 Å². The average molecular weight is 245 g/mol. The molecule has 4 heteroatoms. The number of rotatable bonds is 4. The van der Waals surface area contributed by atoms with E-state index in [1.807, 2.05) is 6.07 Å². The van der Waals surface area contributed by atoms with Gasteiger partial charge in [-0.25, -0.2) is 0 Å². The first-order valence-electron chi connectivity index (χ1n) is 6.55. The summed E-state index contributed by atoms with van der Waals surface area (Å²) in [5, 5.41) is 6.16. The van der Waals surface area contributed by atoms with Gasteiger partial charge in [-0.1, -0.05) is 12.1 Å². The SMILES string of the molecule is CN(CCc1ccc2c(c1)CC(=O)N2)C1CNC1. The first-order valence-corrected chi connectivity index (χ1v) is 6.55. The highest BCUT2D eigenvalue weighted by molar-refractivity contribution is 5.99. The van der Waals surface area contributed by atoms with Gasteiger partial charge >= 0.3 is 0 Å². The van der Waals surface area contributed by atoms with Crippen molar-refractivity contribution in [3.05, 3.63) is 29.3 Å². The second-order valence-corrected chi connectivity index (χ2v) is 5.26. The average Bonchev–Trinajstić information content (AvgIpc) is 2.63. The highest BCUT2D eigenvalue weighted by atomic mass is 16.1. The molecule has 1 saturated heterocycles. The van der Waals surface area contributed by atoms with Crippen LogP contribution in [0.15, 0.2) is 18.2 Å². The van der Waals surface area contributed by atoms with Crippen molar-refractivity contribution >= 4 is 11.6 Å². The van der Waals surface area contributed by atoms with E-state index in [0.29, 0.717) is 12.5 Å². The van der Waals surface area contributed by atoms with Crippen LogP contribution in [0.2, 0.25) is 0 Å². The Morgan fingerprint density at radius 3 is 2.94 bits per heavy atom. The third-order valence-electron chi connectivity index (χ3n) is 3.93. The van der Waals surface area contributed by atoms with Gasteiger partial charge in [-0.15, -0.1) is 0 Å². The minimum absolute atomic E-state index is 0.111. The maximum absolute atomic E-state index is 11.3. The van der Waals surface area contributed by atoms with Crippen molar-refractivity contribution in [3.63, 3.8) is 0 Å². The Morgan fingerprint density at radius 1 is 1.39 bits per heavy atom. The number of hydrogen-bond acceptors (Lipinski definition) is 3. The van der Waals surface area contributed by atoms with Crippen LogP contribution in [0.4, 0.5) is 5.69 Å². The molecule has 1 fully saturated rings. The first-order chi connectivity index (χ1) is 8.72. The second kappa shape index (κ2) is 4.71. The molecular formula is C14H19N3O. The van der Waals surface area contributed by atoms with Crippen LogP contribution < -0.4 is 10.6 Å². The topological polar surface area (TPSA) is 44.4 Å². The third-order valence-corrected chi connectivity index (χ3v) is 3.93. The lowest BCUT2D eigenvalue weighted by atomic mass is 10.0. The molecule has 1 aromatic carbocycles. The van der Waals surface area contributed by atoms with Crippen molar-refractivity contribution in [3.8, 4) is 0 Å². The zero-order valence-corrected chi connectivity index (χ0v) is 10.7. The summed E-state index contributed by atoms with van der Waals surface area (Å²) < 4.78 is 0. The van der Waals surface area contributed by atoms with Gasteiger partial charge in [-0.2, -0.15) is 0 Å². The molecular weight excluding hydrogens is 226 g/mol. The van der Waals surface area contributed by atoms with Crippen molar-refractivity contribution in [1.82, 2.24) is 10.2 Å². The second-order valence-electron chi connectivity index (χ2n) is 5.26. The number of benzene rings is 1. The number of carbonyl (C=O) groups is 1. The molecule has 0 radical (unpaired) electrons. The Morgan fingerprint density at radius 2 is 2.22 bits per heavy atom. The van der Waals surface area contributed by atoms with E-state index in [0.717, 1.165) is 37.3 Å². The van der Waals surface area contributed by atoms with E-state index in [1.54, 1.807) is 0 Å². The molecule has 0 saturated carbocycles. The molecule has 1 aromatic rings. The summed E-state index contributed by atoms with van der Waals surface area (Å²) in [7, 11) is 2.18. The number of nitrogens with one attached hydrogen (secondary N) is 2. The maximum atomic E-state index is 11.3. The van der Waals surface area contributed by atoms with Crippen LogP contribution in [-0.4, -0.2) is 43.5 Å². The van der Waals surface area contributed by atoms with E-state index in [1.165, 1.54) is 5.56 Å². The van der Waals surface area contributed by atoms with Gasteiger partial charge in [0, 0.05) is 31.4 Å². The summed E-state index contributed by atoms with van der Waals surface area (Å²) in [5.74, 6) is 0.111. The molecule has 3 rings (SSSR count). The Kier molecular flexibility index (Phi) is 3.06. The molecule has 2 aliphatic rings. The molecule has 4 nitrogen and oxygen atoms in total. The van der Waals surface area contributed by atoms with Crippen molar-refractivity contribution in [1.29, 1.82) is 0 Å². The van der Waals surface area contributed by atoms with Gasteiger partial charge in [0.2, 0.25) is 5.91 Å². The van der Waals surface area contributed by atoms with Gasteiger partial charge in [0.05, 0.1) is 6.42 Å². The van der Waals surface area contributed by atoms with Crippen LogP contribution >= 0.6 is 0 Å².